The fourth-order valence-corrected chi connectivity index (χ4v) is 5.11. The van der Waals surface area contributed by atoms with Crippen LogP contribution >= 0.6 is 0 Å². The SMILES string of the molecule is C[n+]1[c-]n(-c2[c-]cc3c(c2)c2cccc4c5ccccc5n3c24)cc1.[Ir+3].[c-]1ccccc1-c1ccccn1. The summed E-state index contributed by atoms with van der Waals surface area (Å²) in [5.74, 6) is 0. The standard InChI is InChI=1S/C22H14N3.C11H8N.Ir/c1-23-11-12-24(14-23)15-9-10-21-19(13-15)18-7-4-6-17-16-5-2-3-8-20(16)25(21)22(17)18;1-2-6-10(7-3-1)11-8-4-5-9-12-11;/h2-8,10-13H,1H3;1-6,8-9H;/q2*-1;+3. The van der Waals surface area contributed by atoms with Crippen molar-refractivity contribution in [1.82, 2.24) is 14.0 Å². The van der Waals surface area contributed by atoms with Crippen molar-refractivity contribution in [2.75, 3.05) is 0 Å². The monoisotopic (exact) mass is 667 g/mol. The number of aryl methyl sites for hydroxylation is 1. The molecule has 0 N–H and O–H groups in total. The van der Waals surface area contributed by atoms with Gasteiger partial charge in [0.2, 0.25) is 6.33 Å². The first kappa shape index (κ1) is 24.1. The third-order valence-corrected chi connectivity index (χ3v) is 6.75. The second kappa shape index (κ2) is 9.86. The summed E-state index contributed by atoms with van der Waals surface area (Å²) in [7, 11) is 1.97. The Labute approximate surface area is 234 Å². The summed E-state index contributed by atoms with van der Waals surface area (Å²) in [5, 5.41) is 5.16. The minimum absolute atomic E-state index is 0. The molecule has 8 aromatic rings. The van der Waals surface area contributed by atoms with Crippen molar-refractivity contribution in [2.24, 2.45) is 7.05 Å². The third kappa shape index (κ3) is 3.97. The minimum atomic E-state index is 0. The predicted molar refractivity (Wildman–Crippen MR) is 148 cm³/mol. The van der Waals surface area contributed by atoms with Crippen LogP contribution in [0.3, 0.4) is 0 Å². The maximum absolute atomic E-state index is 4.22. The number of nitrogens with zero attached hydrogens (tertiary/aromatic N) is 4. The molecule has 0 atom stereocenters. The van der Waals surface area contributed by atoms with Crippen LogP contribution in [0.25, 0.3) is 55.0 Å². The van der Waals surface area contributed by atoms with Gasteiger partial charge in [-0.3, -0.25) is 0 Å². The Morgan fingerprint density at radius 3 is 2.32 bits per heavy atom. The Hall–Kier alpha value is -4.31. The number of imidazole rings is 1. The van der Waals surface area contributed by atoms with E-state index in [2.05, 4.69) is 82.4 Å². The number of hydrogen-bond acceptors (Lipinski definition) is 1. The average Bonchev–Trinajstić information content (AvgIpc) is 3.65. The van der Waals surface area contributed by atoms with Crippen LogP contribution in [0.4, 0.5) is 0 Å². The summed E-state index contributed by atoms with van der Waals surface area (Å²) in [6.07, 6.45) is 9.02. The van der Waals surface area contributed by atoms with E-state index in [1.54, 1.807) is 6.20 Å². The average molecular weight is 667 g/mol. The van der Waals surface area contributed by atoms with Crippen molar-refractivity contribution in [2.45, 2.75) is 0 Å². The molecule has 0 aliphatic carbocycles. The van der Waals surface area contributed by atoms with Gasteiger partial charge in [0.15, 0.2) is 0 Å². The zero-order valence-corrected chi connectivity index (χ0v) is 23.0. The summed E-state index contributed by atoms with van der Waals surface area (Å²) in [6, 6.07) is 39.8. The Morgan fingerprint density at radius 2 is 1.55 bits per heavy atom. The minimum Gasteiger partial charge on any atom is -0.363 e. The van der Waals surface area contributed by atoms with Gasteiger partial charge in [0, 0.05) is 40.4 Å². The van der Waals surface area contributed by atoms with Crippen LogP contribution in [0.15, 0.2) is 116 Å². The molecule has 0 saturated heterocycles. The van der Waals surface area contributed by atoms with Crippen LogP contribution in [0.1, 0.15) is 0 Å². The summed E-state index contributed by atoms with van der Waals surface area (Å²) < 4.78 is 6.26. The summed E-state index contributed by atoms with van der Waals surface area (Å²) >= 11 is 0. The molecule has 0 spiro atoms. The molecule has 0 fully saturated rings. The predicted octanol–water partition coefficient (Wildman–Crippen LogP) is 6.60. The topological polar surface area (TPSA) is 26.1 Å². The number of hydrogen-bond donors (Lipinski definition) is 0. The van der Waals surface area contributed by atoms with Crippen molar-refractivity contribution >= 4 is 38.1 Å². The third-order valence-electron chi connectivity index (χ3n) is 6.75. The van der Waals surface area contributed by atoms with E-state index in [0.717, 1.165) is 16.9 Å². The van der Waals surface area contributed by atoms with E-state index in [4.69, 9.17) is 0 Å². The van der Waals surface area contributed by atoms with Crippen molar-refractivity contribution < 1.29 is 24.7 Å². The Balaban J connectivity index is 0.000000172. The van der Waals surface area contributed by atoms with Gasteiger partial charge in [-0.1, -0.05) is 59.7 Å². The fraction of sp³-hybridized carbons (Fsp3) is 0.0303. The van der Waals surface area contributed by atoms with Crippen LogP contribution in [-0.2, 0) is 27.2 Å². The first-order valence-corrected chi connectivity index (χ1v) is 12.2. The molecule has 4 heterocycles. The van der Waals surface area contributed by atoms with Gasteiger partial charge in [-0.05, 0) is 23.2 Å². The molecule has 0 amide bonds. The van der Waals surface area contributed by atoms with Gasteiger partial charge in [-0.25, -0.2) is 0 Å². The van der Waals surface area contributed by atoms with E-state index in [1.165, 1.54) is 38.1 Å². The van der Waals surface area contributed by atoms with Crippen LogP contribution in [0.5, 0.6) is 0 Å². The number of pyridine rings is 1. The second-order valence-electron chi connectivity index (χ2n) is 9.04. The van der Waals surface area contributed by atoms with E-state index >= 15 is 0 Å². The van der Waals surface area contributed by atoms with Crippen molar-refractivity contribution in [3.8, 4) is 16.9 Å². The van der Waals surface area contributed by atoms with E-state index in [0.29, 0.717) is 0 Å². The molecule has 5 heteroatoms. The molecule has 0 radical (unpaired) electrons. The molecule has 0 bridgehead atoms. The fourth-order valence-electron chi connectivity index (χ4n) is 5.11. The molecule has 0 aliphatic heterocycles. The normalized spacial score (nSPS) is 11.1. The molecule has 8 rings (SSSR count). The number of rotatable bonds is 2. The molecule has 0 unspecified atom stereocenters. The van der Waals surface area contributed by atoms with E-state index in [1.807, 2.05) is 71.0 Å². The van der Waals surface area contributed by atoms with Gasteiger partial charge < -0.3 is 18.5 Å². The van der Waals surface area contributed by atoms with E-state index in [9.17, 15) is 0 Å². The zero-order valence-electron chi connectivity index (χ0n) is 20.6. The van der Waals surface area contributed by atoms with Crippen molar-refractivity contribution in [1.29, 1.82) is 0 Å². The molecule has 4 aromatic heterocycles. The quantitative estimate of drug-likeness (QED) is 0.151. The molecule has 4 nitrogen and oxygen atoms in total. The van der Waals surface area contributed by atoms with Crippen molar-refractivity contribution in [3.63, 3.8) is 0 Å². The number of fused-ring (bicyclic) bond motifs is 6. The van der Waals surface area contributed by atoms with Gasteiger partial charge in [0.25, 0.3) is 0 Å². The van der Waals surface area contributed by atoms with Crippen LogP contribution in [0.2, 0.25) is 0 Å². The molecular formula is C33H22IrN4+. The molecule has 0 aliphatic rings. The zero-order chi connectivity index (χ0) is 24.8. The van der Waals surface area contributed by atoms with E-state index < -0.39 is 0 Å². The smallest absolute Gasteiger partial charge is 0.363 e. The van der Waals surface area contributed by atoms with Crippen LogP contribution < -0.4 is 4.57 Å². The van der Waals surface area contributed by atoms with Crippen molar-refractivity contribution in [3.05, 3.63) is 134 Å². The Kier molecular flexibility index (Phi) is 6.24. The summed E-state index contributed by atoms with van der Waals surface area (Å²) in [5.41, 5.74) is 6.77. The maximum Gasteiger partial charge on any atom is 3.00 e. The molecule has 38 heavy (non-hydrogen) atoms. The van der Waals surface area contributed by atoms with Gasteiger partial charge in [-0.2, -0.15) is 18.2 Å². The molecule has 4 aromatic carbocycles. The Morgan fingerprint density at radius 1 is 0.763 bits per heavy atom. The van der Waals surface area contributed by atoms with Crippen LogP contribution in [-0.4, -0.2) is 14.0 Å². The number of para-hydroxylation sites is 2. The first-order chi connectivity index (χ1) is 18.3. The van der Waals surface area contributed by atoms with Gasteiger partial charge >= 0.3 is 20.1 Å². The summed E-state index contributed by atoms with van der Waals surface area (Å²) in [6.45, 7) is 0. The molecule has 182 valence electrons. The maximum atomic E-state index is 4.22. The molecule has 0 saturated carbocycles. The van der Waals surface area contributed by atoms with E-state index in [-0.39, 0.29) is 20.1 Å². The van der Waals surface area contributed by atoms with Gasteiger partial charge in [0.05, 0.1) is 7.05 Å². The van der Waals surface area contributed by atoms with Gasteiger partial charge in [-0.15, -0.1) is 41.3 Å². The Bertz CT molecular complexity index is 1950. The number of benzene rings is 4. The molecular weight excluding hydrogens is 645 g/mol. The summed E-state index contributed by atoms with van der Waals surface area (Å²) in [4.78, 5) is 4.22. The largest absolute Gasteiger partial charge is 3.00 e. The first-order valence-electron chi connectivity index (χ1n) is 12.2. The van der Waals surface area contributed by atoms with Gasteiger partial charge in [0.1, 0.15) is 0 Å². The van der Waals surface area contributed by atoms with Crippen LogP contribution in [0, 0.1) is 18.5 Å². The number of aromatic nitrogens is 4. The second-order valence-corrected chi connectivity index (χ2v) is 9.04.